The number of rotatable bonds is 0. The van der Waals surface area contributed by atoms with Gasteiger partial charge in [0, 0.05) is 17.3 Å². The van der Waals surface area contributed by atoms with E-state index in [1.54, 1.807) is 0 Å². The van der Waals surface area contributed by atoms with Crippen molar-refractivity contribution in [3.05, 3.63) is 0 Å². The molecule has 5 fully saturated rings. The Morgan fingerprint density at radius 3 is 2.67 bits per heavy atom. The van der Waals surface area contributed by atoms with Crippen molar-refractivity contribution in [2.75, 3.05) is 0 Å². The third kappa shape index (κ3) is 1.22. The second-order valence-electron chi connectivity index (χ2n) is 9.44. The number of carbonyl (C=O) groups is 1. The van der Waals surface area contributed by atoms with Gasteiger partial charge in [0.25, 0.3) is 0 Å². The number of aliphatic hydroxyl groups excluding tert-OH is 1. The lowest BCUT2D eigenvalue weighted by Crippen LogP contribution is -2.56. The summed E-state index contributed by atoms with van der Waals surface area (Å²) in [6.45, 7) is 4.73. The van der Waals surface area contributed by atoms with Crippen molar-refractivity contribution < 1.29 is 9.90 Å². The highest BCUT2D eigenvalue weighted by molar-refractivity contribution is 5.87. The molecule has 2 nitrogen and oxygen atoms in total. The van der Waals surface area contributed by atoms with Crippen molar-refractivity contribution in [2.45, 2.75) is 71.3 Å². The molecule has 1 N–H and O–H groups in total. The maximum absolute atomic E-state index is 12.4. The van der Waals surface area contributed by atoms with Crippen LogP contribution < -0.4 is 0 Å². The molecule has 0 aromatic carbocycles. The Balaban J connectivity index is 1.57. The molecule has 116 valence electrons. The normalized spacial score (nSPS) is 64.5. The van der Waals surface area contributed by atoms with Crippen molar-refractivity contribution in [1.29, 1.82) is 0 Å². The minimum absolute atomic E-state index is 0.0523. The van der Waals surface area contributed by atoms with Gasteiger partial charge in [-0.15, -0.1) is 0 Å². The van der Waals surface area contributed by atoms with Crippen LogP contribution in [0.4, 0.5) is 0 Å². The minimum Gasteiger partial charge on any atom is -0.393 e. The molecule has 5 saturated carbocycles. The number of ketones is 1. The first-order chi connectivity index (χ1) is 9.93. The Labute approximate surface area is 127 Å². The molecule has 8 atom stereocenters. The third-order valence-corrected chi connectivity index (χ3v) is 9.28. The second-order valence-corrected chi connectivity index (χ2v) is 9.44. The number of hydrogen-bond acceptors (Lipinski definition) is 2. The first-order valence-corrected chi connectivity index (χ1v) is 9.15. The summed E-state index contributed by atoms with van der Waals surface area (Å²) in [5.74, 6) is 3.28. The van der Waals surface area contributed by atoms with Crippen molar-refractivity contribution >= 4 is 5.78 Å². The van der Waals surface area contributed by atoms with Crippen LogP contribution in [-0.4, -0.2) is 17.0 Å². The molecule has 5 aliphatic carbocycles. The molecular formula is C19H28O2. The van der Waals surface area contributed by atoms with Crippen molar-refractivity contribution in [3.63, 3.8) is 0 Å². The lowest BCUT2D eigenvalue weighted by molar-refractivity contribution is -0.154. The van der Waals surface area contributed by atoms with E-state index >= 15 is 0 Å². The minimum atomic E-state index is -0.0886. The summed E-state index contributed by atoms with van der Waals surface area (Å²) in [6, 6.07) is 0. The molecule has 21 heavy (non-hydrogen) atoms. The van der Waals surface area contributed by atoms with Gasteiger partial charge in [0.2, 0.25) is 0 Å². The Hall–Kier alpha value is -0.370. The fourth-order valence-corrected chi connectivity index (χ4v) is 8.08. The number of fused-ring (bicyclic) bond motifs is 4. The van der Waals surface area contributed by atoms with E-state index in [1.165, 1.54) is 25.7 Å². The van der Waals surface area contributed by atoms with Gasteiger partial charge in [-0.25, -0.2) is 0 Å². The quantitative estimate of drug-likeness (QED) is 0.740. The summed E-state index contributed by atoms with van der Waals surface area (Å²) < 4.78 is 0. The van der Waals surface area contributed by atoms with Gasteiger partial charge in [-0.1, -0.05) is 13.8 Å². The fourth-order valence-electron chi connectivity index (χ4n) is 8.08. The van der Waals surface area contributed by atoms with E-state index in [2.05, 4.69) is 13.8 Å². The summed E-state index contributed by atoms with van der Waals surface area (Å²) >= 11 is 0. The summed E-state index contributed by atoms with van der Waals surface area (Å²) in [5.41, 5.74) is 0.598. The van der Waals surface area contributed by atoms with Gasteiger partial charge in [-0.2, -0.15) is 0 Å². The number of Topliss-reactive ketones (excluding diaryl/α,β-unsaturated/α-hetero) is 1. The highest BCUT2D eigenvalue weighted by Gasteiger charge is 2.77. The first kappa shape index (κ1) is 13.1. The average molecular weight is 288 g/mol. The van der Waals surface area contributed by atoms with Crippen LogP contribution in [0, 0.1) is 39.9 Å². The Kier molecular flexibility index (Phi) is 2.23. The van der Waals surface area contributed by atoms with E-state index in [-0.39, 0.29) is 16.9 Å². The topological polar surface area (TPSA) is 37.3 Å². The third-order valence-electron chi connectivity index (χ3n) is 9.28. The van der Waals surface area contributed by atoms with E-state index in [0.29, 0.717) is 23.0 Å². The lowest BCUT2D eigenvalue weighted by Gasteiger charge is -2.59. The van der Waals surface area contributed by atoms with Crippen LogP contribution in [0.1, 0.15) is 65.2 Å². The maximum Gasteiger partial charge on any atom is 0.139 e. The fraction of sp³-hybridized carbons (Fsp3) is 0.947. The van der Waals surface area contributed by atoms with Crippen LogP contribution in [0.5, 0.6) is 0 Å². The van der Waals surface area contributed by atoms with Gasteiger partial charge in [0.1, 0.15) is 5.78 Å². The molecule has 0 heterocycles. The highest BCUT2D eigenvalue weighted by Crippen LogP contribution is 2.81. The molecule has 0 bridgehead atoms. The lowest BCUT2D eigenvalue weighted by atomic mass is 9.46. The van der Waals surface area contributed by atoms with Crippen LogP contribution in [0.2, 0.25) is 0 Å². The Morgan fingerprint density at radius 1 is 1.10 bits per heavy atom. The highest BCUT2D eigenvalue weighted by atomic mass is 16.3. The van der Waals surface area contributed by atoms with Crippen molar-refractivity contribution in [1.82, 2.24) is 0 Å². The molecule has 0 amide bonds. The molecule has 2 heteroatoms. The van der Waals surface area contributed by atoms with Gasteiger partial charge in [0.15, 0.2) is 0 Å². The van der Waals surface area contributed by atoms with E-state index in [0.717, 1.165) is 37.5 Å². The molecule has 0 unspecified atom stereocenters. The Bertz CT molecular complexity index is 528. The van der Waals surface area contributed by atoms with Crippen molar-refractivity contribution in [2.24, 2.45) is 39.9 Å². The number of aliphatic hydroxyl groups is 1. The molecule has 0 aliphatic heterocycles. The van der Waals surface area contributed by atoms with Crippen LogP contribution in [0.25, 0.3) is 0 Å². The van der Waals surface area contributed by atoms with Crippen LogP contribution in [0.3, 0.4) is 0 Å². The zero-order valence-electron chi connectivity index (χ0n) is 13.4. The molecule has 5 rings (SSSR count). The molecule has 5 aliphatic rings. The molecule has 0 aromatic heterocycles. The summed E-state index contributed by atoms with van der Waals surface area (Å²) in [6.07, 6.45) is 9.10. The number of carbonyl (C=O) groups excluding carboxylic acids is 1. The van der Waals surface area contributed by atoms with Gasteiger partial charge >= 0.3 is 0 Å². The average Bonchev–Trinajstić information content (AvgIpc) is 3.01. The smallest absolute Gasteiger partial charge is 0.139 e. The van der Waals surface area contributed by atoms with Crippen LogP contribution in [-0.2, 0) is 4.79 Å². The van der Waals surface area contributed by atoms with Gasteiger partial charge in [0.05, 0.1) is 6.10 Å². The van der Waals surface area contributed by atoms with E-state index in [9.17, 15) is 9.90 Å². The largest absolute Gasteiger partial charge is 0.393 e. The van der Waals surface area contributed by atoms with Gasteiger partial charge in [-0.05, 0) is 74.0 Å². The van der Waals surface area contributed by atoms with Gasteiger partial charge in [-0.3, -0.25) is 4.79 Å². The standard InChI is InChI=1S/C19H28O2/c1-17-7-6-14-12(13(17)3-4-15(17)20)9-16(21)19-10-11(19)5-8-18(14,19)2/h11-14,16,21H,3-10H2,1-2H3/t11-,12-,13+,14-,16+,17+,18-,19+/m1/s1. The second kappa shape index (κ2) is 3.58. The summed E-state index contributed by atoms with van der Waals surface area (Å²) in [4.78, 5) is 12.4. The predicted molar refractivity (Wildman–Crippen MR) is 80.6 cm³/mol. The molecule has 0 radical (unpaired) electrons. The maximum atomic E-state index is 12.4. The zero-order valence-corrected chi connectivity index (χ0v) is 13.4. The SMILES string of the molecule is C[C@]12CC[C@@H]3[C@H](C[C@H](O)[C@]45C[C@H]4CC[C@]35C)[C@@H]1CCC2=O. The Morgan fingerprint density at radius 2 is 1.90 bits per heavy atom. The molecule has 0 saturated heterocycles. The van der Waals surface area contributed by atoms with Gasteiger partial charge < -0.3 is 5.11 Å². The van der Waals surface area contributed by atoms with E-state index in [1.807, 2.05) is 0 Å². The monoisotopic (exact) mass is 288 g/mol. The molecule has 1 spiro atoms. The first-order valence-electron chi connectivity index (χ1n) is 9.15. The van der Waals surface area contributed by atoms with Crippen LogP contribution >= 0.6 is 0 Å². The van der Waals surface area contributed by atoms with Crippen LogP contribution in [0.15, 0.2) is 0 Å². The van der Waals surface area contributed by atoms with Crippen molar-refractivity contribution in [3.8, 4) is 0 Å². The summed E-state index contributed by atoms with van der Waals surface area (Å²) in [7, 11) is 0. The predicted octanol–water partition coefficient (Wildman–Crippen LogP) is 3.57. The molecular weight excluding hydrogens is 260 g/mol. The molecule has 0 aromatic rings. The summed E-state index contributed by atoms with van der Waals surface area (Å²) in [5, 5.41) is 11.0. The number of hydrogen-bond donors (Lipinski definition) is 1. The van der Waals surface area contributed by atoms with E-state index < -0.39 is 0 Å². The zero-order chi connectivity index (χ0) is 14.6. The van der Waals surface area contributed by atoms with E-state index in [4.69, 9.17) is 0 Å².